The third-order valence-electron chi connectivity index (χ3n) is 2.65. The van der Waals surface area contributed by atoms with Crippen LogP contribution in [0.3, 0.4) is 0 Å². The lowest BCUT2D eigenvalue weighted by Crippen LogP contribution is -2.55. The number of hydrogen-bond donors (Lipinski definition) is 4. The average molecular weight is 304 g/mol. The topological polar surface area (TPSA) is 82.0 Å². The van der Waals surface area contributed by atoms with E-state index >= 15 is 0 Å². The minimum absolute atomic E-state index is 0.00752. The van der Waals surface area contributed by atoms with Crippen LogP contribution in [0.1, 0.15) is 0 Å². The molecule has 0 aliphatic carbocycles. The lowest BCUT2D eigenvalue weighted by Gasteiger charge is -2.35. The molecule has 5 nitrogen and oxygen atoms in total. The van der Waals surface area contributed by atoms with E-state index in [9.17, 15) is 15.3 Å². The SMILES string of the molecule is O[C@@H]1[C@@H](O)[C@H](Nc2ccc(Br)cc2)OC[C@H]1O. The molecule has 1 aliphatic rings. The summed E-state index contributed by atoms with van der Waals surface area (Å²) >= 11 is 3.32. The Hall–Kier alpha value is -0.660. The first kappa shape index (κ1) is 12.8. The van der Waals surface area contributed by atoms with Crippen molar-refractivity contribution in [1.82, 2.24) is 0 Å². The van der Waals surface area contributed by atoms with Gasteiger partial charge in [0.1, 0.15) is 18.3 Å². The molecule has 4 N–H and O–H groups in total. The lowest BCUT2D eigenvalue weighted by molar-refractivity contribution is -0.178. The first-order chi connectivity index (χ1) is 8.08. The Balaban J connectivity index is 2.01. The van der Waals surface area contributed by atoms with Crippen molar-refractivity contribution in [2.24, 2.45) is 0 Å². The average Bonchev–Trinajstić information content (AvgIpc) is 2.33. The highest BCUT2D eigenvalue weighted by molar-refractivity contribution is 9.10. The summed E-state index contributed by atoms with van der Waals surface area (Å²) in [7, 11) is 0. The van der Waals surface area contributed by atoms with Gasteiger partial charge in [0.25, 0.3) is 0 Å². The van der Waals surface area contributed by atoms with Crippen molar-refractivity contribution in [3.05, 3.63) is 28.7 Å². The van der Waals surface area contributed by atoms with E-state index < -0.39 is 24.5 Å². The molecule has 1 aromatic rings. The molecule has 4 atom stereocenters. The molecule has 1 aromatic carbocycles. The van der Waals surface area contributed by atoms with Gasteiger partial charge in [-0.25, -0.2) is 0 Å². The van der Waals surface area contributed by atoms with E-state index in [4.69, 9.17) is 4.74 Å². The first-order valence-corrected chi connectivity index (χ1v) is 6.05. The van der Waals surface area contributed by atoms with Crippen LogP contribution < -0.4 is 5.32 Å². The number of hydrogen-bond acceptors (Lipinski definition) is 5. The molecular formula is C11H14BrNO4. The monoisotopic (exact) mass is 303 g/mol. The molecule has 1 aliphatic heterocycles. The van der Waals surface area contributed by atoms with Crippen molar-refractivity contribution in [2.75, 3.05) is 11.9 Å². The number of aliphatic hydroxyl groups excluding tert-OH is 3. The fourth-order valence-electron chi connectivity index (χ4n) is 1.64. The third kappa shape index (κ3) is 2.97. The molecule has 0 unspecified atom stereocenters. The predicted octanol–water partition coefficient (Wildman–Crippen LogP) is 0.300. The van der Waals surface area contributed by atoms with Crippen molar-refractivity contribution in [3.63, 3.8) is 0 Å². The normalized spacial score (nSPS) is 33.4. The second-order valence-corrected chi connectivity index (χ2v) is 4.87. The summed E-state index contributed by atoms with van der Waals surface area (Å²) in [5, 5.41) is 31.5. The largest absolute Gasteiger partial charge is 0.388 e. The number of ether oxygens (including phenoxy) is 1. The summed E-state index contributed by atoms with van der Waals surface area (Å²) in [5.41, 5.74) is 0.765. The van der Waals surface area contributed by atoms with Crippen LogP contribution in [0.5, 0.6) is 0 Å². The maximum absolute atomic E-state index is 9.72. The van der Waals surface area contributed by atoms with Crippen molar-refractivity contribution in [1.29, 1.82) is 0 Å². The van der Waals surface area contributed by atoms with Crippen LogP contribution in [0.4, 0.5) is 5.69 Å². The minimum atomic E-state index is -1.20. The highest BCUT2D eigenvalue weighted by Gasteiger charge is 2.37. The molecule has 0 spiro atoms. The van der Waals surface area contributed by atoms with Gasteiger partial charge < -0.3 is 25.4 Å². The maximum Gasteiger partial charge on any atom is 0.156 e. The van der Waals surface area contributed by atoms with Gasteiger partial charge >= 0.3 is 0 Å². The Labute approximate surface area is 107 Å². The Morgan fingerprint density at radius 2 is 1.76 bits per heavy atom. The molecular weight excluding hydrogens is 290 g/mol. The van der Waals surface area contributed by atoms with E-state index in [0.717, 1.165) is 10.2 Å². The summed E-state index contributed by atoms with van der Waals surface area (Å²) < 4.78 is 6.17. The van der Waals surface area contributed by atoms with Crippen LogP contribution in [0.15, 0.2) is 28.7 Å². The second kappa shape index (κ2) is 5.32. The van der Waals surface area contributed by atoms with E-state index in [0.29, 0.717) is 0 Å². The van der Waals surface area contributed by atoms with Gasteiger partial charge in [-0.2, -0.15) is 0 Å². The van der Waals surface area contributed by atoms with Crippen molar-refractivity contribution in [3.8, 4) is 0 Å². The van der Waals surface area contributed by atoms with Crippen molar-refractivity contribution in [2.45, 2.75) is 24.5 Å². The van der Waals surface area contributed by atoms with Gasteiger partial charge in [-0.15, -0.1) is 0 Å². The number of nitrogens with one attached hydrogen (secondary N) is 1. The predicted molar refractivity (Wildman–Crippen MR) is 65.5 cm³/mol. The summed E-state index contributed by atoms with van der Waals surface area (Å²) in [6, 6.07) is 7.33. The summed E-state index contributed by atoms with van der Waals surface area (Å²) in [6.45, 7) is -0.00752. The number of halogens is 1. The van der Waals surface area contributed by atoms with Gasteiger partial charge in [0.2, 0.25) is 0 Å². The number of anilines is 1. The van der Waals surface area contributed by atoms with E-state index in [1.807, 2.05) is 24.3 Å². The van der Waals surface area contributed by atoms with Crippen molar-refractivity contribution >= 4 is 21.6 Å². The molecule has 17 heavy (non-hydrogen) atoms. The second-order valence-electron chi connectivity index (χ2n) is 3.95. The number of benzene rings is 1. The zero-order valence-electron chi connectivity index (χ0n) is 8.95. The zero-order chi connectivity index (χ0) is 12.4. The molecule has 1 saturated heterocycles. The summed E-state index contributed by atoms with van der Waals surface area (Å²) in [4.78, 5) is 0. The van der Waals surface area contributed by atoms with Crippen molar-refractivity contribution < 1.29 is 20.1 Å². The highest BCUT2D eigenvalue weighted by Crippen LogP contribution is 2.20. The van der Waals surface area contributed by atoms with Crippen LogP contribution in [0.25, 0.3) is 0 Å². The standard InChI is InChI=1S/C11H14BrNO4/c12-6-1-3-7(4-2-6)13-11-10(16)9(15)8(14)5-17-11/h1-4,8-11,13-16H,5H2/t8-,9+,10-,11-/m1/s1. The van der Waals surface area contributed by atoms with Gasteiger partial charge in [-0.05, 0) is 24.3 Å². The lowest BCUT2D eigenvalue weighted by atomic mass is 10.0. The van der Waals surface area contributed by atoms with Gasteiger partial charge in [0.05, 0.1) is 6.61 Å². The Morgan fingerprint density at radius 3 is 2.41 bits per heavy atom. The van der Waals surface area contributed by atoms with Crippen LogP contribution >= 0.6 is 15.9 Å². The van der Waals surface area contributed by atoms with Crippen LogP contribution in [0.2, 0.25) is 0 Å². The fraction of sp³-hybridized carbons (Fsp3) is 0.455. The van der Waals surface area contributed by atoms with Gasteiger partial charge in [0, 0.05) is 10.2 Å². The van der Waals surface area contributed by atoms with Crippen LogP contribution in [0, 0.1) is 0 Å². The molecule has 0 amide bonds. The Morgan fingerprint density at radius 1 is 1.12 bits per heavy atom. The van der Waals surface area contributed by atoms with E-state index in [1.54, 1.807) is 0 Å². The van der Waals surface area contributed by atoms with Gasteiger partial charge in [-0.1, -0.05) is 15.9 Å². The molecule has 6 heteroatoms. The van der Waals surface area contributed by atoms with E-state index in [-0.39, 0.29) is 6.61 Å². The molecule has 1 fully saturated rings. The molecule has 0 aromatic heterocycles. The summed E-state index contributed by atoms with van der Waals surface area (Å²) in [5.74, 6) is 0. The van der Waals surface area contributed by atoms with Gasteiger partial charge in [-0.3, -0.25) is 0 Å². The molecule has 0 saturated carbocycles. The number of aliphatic hydroxyl groups is 3. The Kier molecular flexibility index (Phi) is 4.01. The highest BCUT2D eigenvalue weighted by atomic mass is 79.9. The van der Waals surface area contributed by atoms with E-state index in [1.165, 1.54) is 0 Å². The minimum Gasteiger partial charge on any atom is -0.388 e. The first-order valence-electron chi connectivity index (χ1n) is 5.26. The van der Waals surface area contributed by atoms with Crippen LogP contribution in [-0.2, 0) is 4.74 Å². The number of rotatable bonds is 2. The smallest absolute Gasteiger partial charge is 0.156 e. The molecule has 2 rings (SSSR count). The molecule has 94 valence electrons. The third-order valence-corrected chi connectivity index (χ3v) is 3.18. The fourth-order valence-corrected chi connectivity index (χ4v) is 1.91. The quantitative estimate of drug-likeness (QED) is 0.632. The van der Waals surface area contributed by atoms with Crippen LogP contribution in [-0.4, -0.2) is 46.5 Å². The molecule has 0 bridgehead atoms. The van der Waals surface area contributed by atoms with Gasteiger partial charge in [0.15, 0.2) is 6.23 Å². The van der Waals surface area contributed by atoms with E-state index in [2.05, 4.69) is 21.2 Å². The molecule has 0 radical (unpaired) electrons. The zero-order valence-corrected chi connectivity index (χ0v) is 10.5. The maximum atomic E-state index is 9.72. The molecule has 1 heterocycles. The summed E-state index contributed by atoms with van der Waals surface area (Å²) in [6.07, 6.45) is -4.14. The Bertz CT molecular complexity index is 372.